The van der Waals surface area contributed by atoms with E-state index >= 15 is 0 Å². The van der Waals surface area contributed by atoms with Crippen LogP contribution in [0.1, 0.15) is 16.1 Å². The van der Waals surface area contributed by atoms with Crippen LogP contribution in [0.5, 0.6) is 0 Å². The second-order valence-electron chi connectivity index (χ2n) is 3.85. The Bertz CT molecular complexity index is 575. The number of hydrogen-bond donors (Lipinski definition) is 1. The molecular weight excluding hydrogens is 280 g/mol. The molecule has 0 bridgehead atoms. The number of aromatic nitrogens is 1. The highest BCUT2D eigenvalue weighted by atomic mass is 35.5. The van der Waals surface area contributed by atoms with Crippen molar-refractivity contribution >= 4 is 29.3 Å². The van der Waals surface area contributed by atoms with Crippen LogP contribution in [0.4, 0.5) is 0 Å². The van der Waals surface area contributed by atoms with Gasteiger partial charge in [0.15, 0.2) is 0 Å². The van der Waals surface area contributed by atoms with Crippen LogP contribution in [0.2, 0.25) is 5.02 Å². The van der Waals surface area contributed by atoms with E-state index in [1.165, 1.54) is 0 Å². The molecule has 0 atom stereocenters. The minimum absolute atomic E-state index is 0.188. The quantitative estimate of drug-likeness (QED) is 0.878. The molecule has 0 saturated heterocycles. The molecule has 2 aromatic rings. The molecule has 1 amide bonds. The van der Waals surface area contributed by atoms with Gasteiger partial charge in [-0.25, -0.2) is 0 Å². The molecule has 1 aromatic heterocycles. The monoisotopic (exact) mass is 292 g/mol. The van der Waals surface area contributed by atoms with Crippen LogP contribution in [0.15, 0.2) is 47.5 Å². The summed E-state index contributed by atoms with van der Waals surface area (Å²) in [4.78, 5) is 17.2. The second kappa shape index (κ2) is 6.59. The summed E-state index contributed by atoms with van der Waals surface area (Å²) in [5.41, 5.74) is 1.30. The lowest BCUT2D eigenvalue weighted by molar-refractivity contribution is 0.0950. The Balaban J connectivity index is 2.08. The van der Waals surface area contributed by atoms with Crippen LogP contribution in [-0.2, 0) is 6.54 Å². The van der Waals surface area contributed by atoms with Crippen molar-refractivity contribution in [2.24, 2.45) is 0 Å². The topological polar surface area (TPSA) is 42.0 Å². The van der Waals surface area contributed by atoms with Crippen molar-refractivity contribution in [3.8, 4) is 0 Å². The number of hydrogen-bond acceptors (Lipinski definition) is 3. The van der Waals surface area contributed by atoms with E-state index in [0.717, 1.165) is 10.6 Å². The number of nitrogens with zero attached hydrogens (tertiary/aromatic N) is 1. The Labute approximate surface area is 121 Å². The van der Waals surface area contributed by atoms with E-state index in [9.17, 15) is 4.79 Å². The Kier molecular flexibility index (Phi) is 4.82. The van der Waals surface area contributed by atoms with Crippen LogP contribution >= 0.6 is 23.4 Å². The molecule has 3 nitrogen and oxygen atoms in total. The lowest BCUT2D eigenvalue weighted by Gasteiger charge is -2.07. The molecular formula is C14H13ClN2OS. The van der Waals surface area contributed by atoms with E-state index < -0.39 is 0 Å². The fourth-order valence-electron chi connectivity index (χ4n) is 1.57. The highest BCUT2D eigenvalue weighted by Crippen LogP contribution is 2.22. The smallest absolute Gasteiger partial charge is 0.253 e. The van der Waals surface area contributed by atoms with Crippen molar-refractivity contribution in [2.45, 2.75) is 11.4 Å². The Hall–Kier alpha value is -1.52. The van der Waals surface area contributed by atoms with Gasteiger partial charge in [0.1, 0.15) is 0 Å². The zero-order chi connectivity index (χ0) is 13.7. The lowest BCUT2D eigenvalue weighted by Crippen LogP contribution is -2.23. The molecule has 0 aliphatic heterocycles. The average Bonchev–Trinajstić information content (AvgIpc) is 2.46. The van der Waals surface area contributed by atoms with Gasteiger partial charge < -0.3 is 5.32 Å². The van der Waals surface area contributed by atoms with Crippen molar-refractivity contribution < 1.29 is 4.79 Å². The number of nitrogens with one attached hydrogen (secondary N) is 1. The highest BCUT2D eigenvalue weighted by Gasteiger charge is 2.11. The average molecular weight is 293 g/mol. The molecule has 0 aliphatic rings. The van der Waals surface area contributed by atoms with Crippen molar-refractivity contribution in [1.29, 1.82) is 0 Å². The van der Waals surface area contributed by atoms with Crippen LogP contribution < -0.4 is 5.32 Å². The first kappa shape index (κ1) is 13.9. The third-order valence-electron chi connectivity index (χ3n) is 2.57. The van der Waals surface area contributed by atoms with Gasteiger partial charge in [-0.15, -0.1) is 11.8 Å². The van der Waals surface area contributed by atoms with Gasteiger partial charge in [0.05, 0.1) is 22.8 Å². The molecule has 19 heavy (non-hydrogen) atoms. The maximum absolute atomic E-state index is 12.1. The Morgan fingerprint density at radius 1 is 1.37 bits per heavy atom. The number of carbonyl (C=O) groups excluding carboxylic acids is 1. The van der Waals surface area contributed by atoms with Gasteiger partial charge in [-0.2, -0.15) is 0 Å². The van der Waals surface area contributed by atoms with Gasteiger partial charge in [0.25, 0.3) is 5.91 Å². The largest absolute Gasteiger partial charge is 0.346 e. The van der Waals surface area contributed by atoms with E-state index in [-0.39, 0.29) is 5.91 Å². The van der Waals surface area contributed by atoms with Crippen molar-refractivity contribution in [1.82, 2.24) is 10.3 Å². The first-order valence-corrected chi connectivity index (χ1v) is 7.32. The summed E-state index contributed by atoms with van der Waals surface area (Å²) < 4.78 is 0. The molecule has 1 aromatic carbocycles. The van der Waals surface area contributed by atoms with Gasteiger partial charge in [0.2, 0.25) is 0 Å². The molecule has 2 rings (SSSR count). The van der Waals surface area contributed by atoms with E-state index in [1.807, 2.05) is 30.5 Å². The highest BCUT2D eigenvalue weighted by molar-refractivity contribution is 7.98. The van der Waals surface area contributed by atoms with Gasteiger partial charge in [0, 0.05) is 11.1 Å². The number of benzene rings is 1. The maximum Gasteiger partial charge on any atom is 0.253 e. The van der Waals surface area contributed by atoms with Gasteiger partial charge in [-0.3, -0.25) is 9.78 Å². The number of carbonyl (C=O) groups is 1. The minimum atomic E-state index is -0.188. The van der Waals surface area contributed by atoms with Gasteiger partial charge >= 0.3 is 0 Å². The van der Waals surface area contributed by atoms with E-state index in [2.05, 4.69) is 10.3 Å². The summed E-state index contributed by atoms with van der Waals surface area (Å²) in [6.45, 7) is 0.388. The standard InChI is InChI=1S/C14H13ClN2OS/c1-19-11-5-6-13(15)12(8-11)14(18)17-9-10-4-2-3-7-16-10/h2-8H,9H2,1H3,(H,17,18). The van der Waals surface area contributed by atoms with E-state index in [0.29, 0.717) is 17.1 Å². The molecule has 0 saturated carbocycles. The molecule has 0 aliphatic carbocycles. The molecule has 0 fully saturated rings. The zero-order valence-corrected chi connectivity index (χ0v) is 12.0. The molecule has 0 spiro atoms. The van der Waals surface area contributed by atoms with E-state index in [4.69, 9.17) is 11.6 Å². The maximum atomic E-state index is 12.1. The molecule has 5 heteroatoms. The normalized spacial score (nSPS) is 10.2. The molecule has 98 valence electrons. The van der Waals surface area contributed by atoms with Gasteiger partial charge in [-0.1, -0.05) is 17.7 Å². The summed E-state index contributed by atoms with van der Waals surface area (Å²) in [6, 6.07) is 11.0. The summed E-state index contributed by atoms with van der Waals surface area (Å²) in [6.07, 6.45) is 3.65. The fourth-order valence-corrected chi connectivity index (χ4v) is 2.22. The molecule has 1 heterocycles. The zero-order valence-electron chi connectivity index (χ0n) is 10.4. The lowest BCUT2D eigenvalue weighted by atomic mass is 10.2. The number of thioether (sulfide) groups is 1. The first-order chi connectivity index (χ1) is 9.20. The molecule has 0 radical (unpaired) electrons. The van der Waals surface area contributed by atoms with Gasteiger partial charge in [-0.05, 0) is 36.6 Å². The predicted octanol–water partition coefficient (Wildman–Crippen LogP) is 3.39. The molecule has 0 unspecified atom stereocenters. The summed E-state index contributed by atoms with van der Waals surface area (Å²) in [5.74, 6) is -0.188. The second-order valence-corrected chi connectivity index (χ2v) is 5.14. The Morgan fingerprint density at radius 2 is 2.21 bits per heavy atom. The predicted molar refractivity (Wildman–Crippen MR) is 78.6 cm³/mol. The Morgan fingerprint density at radius 3 is 2.89 bits per heavy atom. The summed E-state index contributed by atoms with van der Waals surface area (Å²) in [5, 5.41) is 3.27. The summed E-state index contributed by atoms with van der Waals surface area (Å²) >= 11 is 7.62. The number of rotatable bonds is 4. The SMILES string of the molecule is CSc1ccc(Cl)c(C(=O)NCc2ccccn2)c1. The van der Waals surface area contributed by atoms with Crippen molar-refractivity contribution in [3.63, 3.8) is 0 Å². The van der Waals surface area contributed by atoms with Crippen molar-refractivity contribution in [3.05, 3.63) is 58.9 Å². The first-order valence-electron chi connectivity index (χ1n) is 5.72. The third-order valence-corrected chi connectivity index (χ3v) is 3.63. The number of amides is 1. The van der Waals surface area contributed by atoms with Crippen LogP contribution in [0, 0.1) is 0 Å². The third kappa shape index (κ3) is 3.72. The van der Waals surface area contributed by atoms with E-state index in [1.54, 1.807) is 30.1 Å². The van der Waals surface area contributed by atoms with Crippen LogP contribution in [-0.4, -0.2) is 17.1 Å². The van der Waals surface area contributed by atoms with Crippen LogP contribution in [0.3, 0.4) is 0 Å². The van der Waals surface area contributed by atoms with Crippen LogP contribution in [0.25, 0.3) is 0 Å². The number of pyridine rings is 1. The van der Waals surface area contributed by atoms with Crippen molar-refractivity contribution in [2.75, 3.05) is 6.26 Å². The molecule has 1 N–H and O–H groups in total. The minimum Gasteiger partial charge on any atom is -0.346 e. The fraction of sp³-hybridized carbons (Fsp3) is 0.143. The number of halogens is 1. The summed E-state index contributed by atoms with van der Waals surface area (Å²) in [7, 11) is 0.